The number of fused-ring (bicyclic) bond motifs is 1. The quantitative estimate of drug-likeness (QED) is 0.309. The molecule has 0 bridgehead atoms. The number of methoxy groups -OCH3 is 2. The molecule has 0 aliphatic rings. The summed E-state index contributed by atoms with van der Waals surface area (Å²) in [7, 11) is 2.91. The molecule has 5 rings (SSSR count). The van der Waals surface area contributed by atoms with E-state index < -0.39 is 23.1 Å². The number of amides is 1. The third-order valence-corrected chi connectivity index (χ3v) is 5.92. The summed E-state index contributed by atoms with van der Waals surface area (Å²) in [6.07, 6.45) is 2.73. The average molecular weight is 546 g/mol. The van der Waals surface area contributed by atoms with Crippen LogP contribution in [0.3, 0.4) is 0 Å². The molecule has 0 unspecified atom stereocenters. The fourth-order valence-corrected chi connectivity index (χ4v) is 3.94. The third kappa shape index (κ3) is 5.01. The first kappa shape index (κ1) is 26.2. The first-order chi connectivity index (χ1) is 19.3. The van der Waals surface area contributed by atoms with Crippen LogP contribution in [0.15, 0.2) is 71.9 Å². The Kier molecular flexibility index (Phi) is 7.06. The van der Waals surface area contributed by atoms with Crippen molar-refractivity contribution < 1.29 is 27.8 Å². The van der Waals surface area contributed by atoms with Gasteiger partial charge in [-0.25, -0.2) is 18.7 Å². The highest BCUT2D eigenvalue weighted by Crippen LogP contribution is 2.35. The summed E-state index contributed by atoms with van der Waals surface area (Å²) < 4.78 is 45.8. The fraction of sp³-hybridized carbons (Fsp3) is 0.107. The largest absolute Gasteiger partial charge is 0.491 e. The number of benzene rings is 2. The number of hydrogen-bond acceptors (Lipinski definition) is 8. The Hall–Kier alpha value is -5.39. The molecule has 202 valence electrons. The Labute approximate surface area is 225 Å². The fourth-order valence-electron chi connectivity index (χ4n) is 3.94. The van der Waals surface area contributed by atoms with Crippen molar-refractivity contribution in [3.63, 3.8) is 0 Å². The van der Waals surface area contributed by atoms with Crippen molar-refractivity contribution in [1.82, 2.24) is 19.5 Å². The van der Waals surface area contributed by atoms with Crippen LogP contribution >= 0.6 is 0 Å². The SMILES string of the molecule is COc1cc2nccc(Oc3ccc(NC(=O)c4c(C)ncn(-c5ccc(F)cc5)c4=O)cc3F)c2nc1OC. The standard InChI is InChI=1S/C28H21F2N5O5/c1-15-24(28(37)35(14-32-15)18-7-4-16(29)5-8-18)26(36)33-17-6-9-21(19(30)12-17)40-22-10-11-31-20-13-23(38-2)27(39-3)34-25(20)22/h4-14H,1-3H3,(H,33,36). The van der Waals surface area contributed by atoms with Gasteiger partial charge in [-0.15, -0.1) is 0 Å². The lowest BCUT2D eigenvalue weighted by atomic mass is 10.2. The first-order valence-electron chi connectivity index (χ1n) is 11.8. The van der Waals surface area contributed by atoms with Gasteiger partial charge in [-0.2, -0.15) is 0 Å². The summed E-state index contributed by atoms with van der Waals surface area (Å²) in [5.74, 6) is -1.39. The molecule has 0 saturated heterocycles. The number of halogens is 2. The van der Waals surface area contributed by atoms with Crippen molar-refractivity contribution in [3.05, 3.63) is 100 Å². The van der Waals surface area contributed by atoms with Crippen LogP contribution < -0.4 is 25.1 Å². The minimum atomic E-state index is -0.787. The Morgan fingerprint density at radius 1 is 0.925 bits per heavy atom. The van der Waals surface area contributed by atoms with Crippen molar-refractivity contribution >= 4 is 22.6 Å². The van der Waals surface area contributed by atoms with E-state index in [0.717, 1.165) is 10.6 Å². The summed E-state index contributed by atoms with van der Waals surface area (Å²) in [5, 5.41) is 2.52. The third-order valence-electron chi connectivity index (χ3n) is 5.92. The molecule has 0 aliphatic carbocycles. The second-order valence-electron chi connectivity index (χ2n) is 8.43. The van der Waals surface area contributed by atoms with Crippen molar-refractivity contribution in [2.75, 3.05) is 19.5 Å². The maximum atomic E-state index is 15.1. The zero-order chi connectivity index (χ0) is 28.4. The van der Waals surface area contributed by atoms with Crippen LogP contribution in [0.2, 0.25) is 0 Å². The van der Waals surface area contributed by atoms with Crippen molar-refractivity contribution in [1.29, 1.82) is 0 Å². The minimum absolute atomic E-state index is 0.0787. The second-order valence-corrected chi connectivity index (χ2v) is 8.43. The maximum Gasteiger partial charge on any atom is 0.271 e. The molecule has 40 heavy (non-hydrogen) atoms. The van der Waals surface area contributed by atoms with Gasteiger partial charge in [0.15, 0.2) is 23.1 Å². The number of carbonyl (C=O) groups is 1. The summed E-state index contributed by atoms with van der Waals surface area (Å²) in [6.45, 7) is 1.50. The molecular formula is C28H21F2N5O5. The molecule has 2 aromatic carbocycles. The maximum absolute atomic E-state index is 15.1. The number of anilines is 1. The number of rotatable bonds is 7. The summed E-state index contributed by atoms with van der Waals surface area (Å²) in [6, 6.07) is 12.1. The smallest absolute Gasteiger partial charge is 0.271 e. The monoisotopic (exact) mass is 545 g/mol. The molecule has 12 heteroatoms. The highest BCUT2D eigenvalue weighted by atomic mass is 19.1. The van der Waals surface area contributed by atoms with Crippen LogP contribution in [-0.4, -0.2) is 39.6 Å². The predicted octanol–water partition coefficient (Wildman–Crippen LogP) is 4.82. The van der Waals surface area contributed by atoms with Crippen LogP contribution in [0.1, 0.15) is 16.1 Å². The van der Waals surface area contributed by atoms with Crippen LogP contribution in [0, 0.1) is 18.6 Å². The number of pyridine rings is 2. The van der Waals surface area contributed by atoms with E-state index in [1.165, 1.54) is 76.1 Å². The minimum Gasteiger partial charge on any atom is -0.491 e. The number of ether oxygens (including phenoxy) is 3. The number of nitrogens with zero attached hydrogens (tertiary/aromatic N) is 4. The number of aromatic nitrogens is 4. The van der Waals surface area contributed by atoms with E-state index >= 15 is 4.39 Å². The Morgan fingerprint density at radius 2 is 1.70 bits per heavy atom. The molecule has 1 N–H and O–H groups in total. The molecule has 0 aliphatic heterocycles. The molecule has 5 aromatic rings. The molecule has 1 amide bonds. The first-order valence-corrected chi connectivity index (χ1v) is 11.8. The number of carbonyl (C=O) groups excluding carboxylic acids is 1. The molecule has 3 aromatic heterocycles. The average Bonchev–Trinajstić information content (AvgIpc) is 2.94. The van der Waals surface area contributed by atoms with Gasteiger partial charge in [0.2, 0.25) is 0 Å². The summed E-state index contributed by atoms with van der Waals surface area (Å²) in [5.41, 5.74) is 0.432. The van der Waals surface area contributed by atoms with Gasteiger partial charge in [0.1, 0.15) is 23.2 Å². The van der Waals surface area contributed by atoms with Crippen LogP contribution in [0.5, 0.6) is 23.1 Å². The molecule has 0 saturated carbocycles. The van der Waals surface area contributed by atoms with E-state index in [4.69, 9.17) is 14.2 Å². The van der Waals surface area contributed by atoms with Crippen LogP contribution in [0.4, 0.5) is 14.5 Å². The van der Waals surface area contributed by atoms with Gasteiger partial charge >= 0.3 is 0 Å². The highest BCUT2D eigenvalue weighted by Gasteiger charge is 2.19. The molecule has 0 spiro atoms. The van der Waals surface area contributed by atoms with Crippen LogP contribution in [0.25, 0.3) is 16.7 Å². The summed E-state index contributed by atoms with van der Waals surface area (Å²) in [4.78, 5) is 38.8. The van der Waals surface area contributed by atoms with E-state index in [1.54, 1.807) is 6.07 Å². The topological polar surface area (TPSA) is 117 Å². The lowest BCUT2D eigenvalue weighted by Crippen LogP contribution is -2.30. The van der Waals surface area contributed by atoms with Gasteiger partial charge in [-0.3, -0.25) is 19.1 Å². The molecule has 0 fully saturated rings. The van der Waals surface area contributed by atoms with Crippen molar-refractivity contribution in [3.8, 4) is 28.8 Å². The zero-order valence-electron chi connectivity index (χ0n) is 21.4. The van der Waals surface area contributed by atoms with Crippen LogP contribution in [-0.2, 0) is 0 Å². The zero-order valence-corrected chi connectivity index (χ0v) is 21.4. The van der Waals surface area contributed by atoms with E-state index in [9.17, 15) is 14.0 Å². The van der Waals surface area contributed by atoms with Crippen molar-refractivity contribution in [2.24, 2.45) is 0 Å². The molecule has 0 radical (unpaired) electrons. The van der Waals surface area contributed by atoms with Gasteiger partial charge < -0.3 is 19.5 Å². The predicted molar refractivity (Wildman–Crippen MR) is 142 cm³/mol. The normalized spacial score (nSPS) is 10.8. The van der Waals surface area contributed by atoms with E-state index in [1.807, 2.05) is 0 Å². The van der Waals surface area contributed by atoms with E-state index in [-0.39, 0.29) is 34.3 Å². The second kappa shape index (κ2) is 10.8. The molecular weight excluding hydrogens is 524 g/mol. The van der Waals surface area contributed by atoms with Gasteiger partial charge in [-0.05, 0) is 43.3 Å². The molecule has 0 atom stereocenters. The summed E-state index contributed by atoms with van der Waals surface area (Å²) >= 11 is 0. The van der Waals surface area contributed by atoms with Gasteiger partial charge in [0.05, 0.1) is 31.1 Å². The van der Waals surface area contributed by atoms with Crippen molar-refractivity contribution in [2.45, 2.75) is 6.92 Å². The van der Waals surface area contributed by atoms with Gasteiger partial charge in [0.25, 0.3) is 17.3 Å². The highest BCUT2D eigenvalue weighted by molar-refractivity contribution is 6.04. The lowest BCUT2D eigenvalue weighted by molar-refractivity contribution is 0.102. The van der Waals surface area contributed by atoms with Gasteiger partial charge in [-0.1, -0.05) is 0 Å². The number of hydrogen-bond donors (Lipinski definition) is 1. The van der Waals surface area contributed by atoms with E-state index in [2.05, 4.69) is 20.3 Å². The van der Waals surface area contributed by atoms with Gasteiger partial charge in [0, 0.05) is 30.1 Å². The number of nitrogens with one attached hydrogen (secondary N) is 1. The number of aryl methyl sites for hydroxylation is 1. The Bertz CT molecular complexity index is 1810. The molecule has 10 nitrogen and oxygen atoms in total. The lowest BCUT2D eigenvalue weighted by Gasteiger charge is -2.13. The Balaban J connectivity index is 1.40. The Morgan fingerprint density at radius 3 is 2.40 bits per heavy atom. The van der Waals surface area contributed by atoms with E-state index in [0.29, 0.717) is 22.5 Å². The molecule has 3 heterocycles.